The second-order valence-corrected chi connectivity index (χ2v) is 5.17. The summed E-state index contributed by atoms with van der Waals surface area (Å²) in [7, 11) is 3.19. The Morgan fingerprint density at radius 2 is 1.72 bits per heavy atom. The second-order valence-electron chi connectivity index (χ2n) is 4.38. The summed E-state index contributed by atoms with van der Waals surface area (Å²) >= 11 is 3.48. The number of methoxy groups -OCH3 is 2. The molecule has 0 saturated carbocycles. The van der Waals surface area contributed by atoms with Crippen LogP contribution in [0.15, 0.2) is 10.5 Å². The van der Waals surface area contributed by atoms with Gasteiger partial charge in [-0.2, -0.15) is 0 Å². The molecule has 0 aromatic heterocycles. The smallest absolute Gasteiger partial charge is 0.141 e. The number of hydrogen-bond acceptors (Lipinski definition) is 4. The molecular weight excluding hydrogens is 298 g/mol. The molecule has 18 heavy (non-hydrogen) atoms. The van der Waals surface area contributed by atoms with Crippen LogP contribution in [0, 0.1) is 0 Å². The summed E-state index contributed by atoms with van der Waals surface area (Å²) in [5, 5.41) is 9.23. The molecule has 0 heterocycles. The molecule has 0 aliphatic carbocycles. The van der Waals surface area contributed by atoms with Crippen molar-refractivity contribution in [3.05, 3.63) is 21.7 Å². The van der Waals surface area contributed by atoms with Crippen molar-refractivity contribution in [2.24, 2.45) is 5.73 Å². The Bertz CT molecular complexity index is 421. The first-order chi connectivity index (χ1) is 8.47. The average molecular weight is 318 g/mol. The van der Waals surface area contributed by atoms with Gasteiger partial charge in [-0.05, 0) is 33.5 Å². The minimum Gasteiger partial charge on any atom is -0.495 e. The van der Waals surface area contributed by atoms with Gasteiger partial charge in [0.25, 0.3) is 0 Å². The molecular formula is C13H20BrNO3. The van der Waals surface area contributed by atoms with Gasteiger partial charge in [0.2, 0.25) is 0 Å². The van der Waals surface area contributed by atoms with Crippen LogP contribution in [0.4, 0.5) is 0 Å². The summed E-state index contributed by atoms with van der Waals surface area (Å²) in [5.74, 6) is 1.64. The highest BCUT2D eigenvalue weighted by atomic mass is 79.9. The monoisotopic (exact) mass is 317 g/mol. The highest BCUT2D eigenvalue weighted by Crippen LogP contribution is 2.44. The van der Waals surface area contributed by atoms with E-state index >= 15 is 0 Å². The summed E-state index contributed by atoms with van der Waals surface area (Å²) in [6.45, 7) is 4.02. The molecule has 1 rings (SSSR count). The van der Waals surface area contributed by atoms with Crippen LogP contribution in [0.25, 0.3) is 0 Å². The number of halogens is 1. The van der Waals surface area contributed by atoms with Crippen LogP contribution in [0.3, 0.4) is 0 Å². The van der Waals surface area contributed by atoms with E-state index in [1.807, 2.05) is 6.07 Å². The lowest BCUT2D eigenvalue weighted by molar-refractivity contribution is 0.264. The van der Waals surface area contributed by atoms with Crippen molar-refractivity contribution in [3.63, 3.8) is 0 Å². The summed E-state index contributed by atoms with van der Waals surface area (Å²) < 4.78 is 11.5. The van der Waals surface area contributed by atoms with E-state index in [-0.39, 0.29) is 12.5 Å². The normalized spacial score (nSPS) is 12.7. The third kappa shape index (κ3) is 2.79. The van der Waals surface area contributed by atoms with Crippen LogP contribution in [-0.2, 0) is 0 Å². The fraction of sp³-hybridized carbons (Fsp3) is 0.538. The van der Waals surface area contributed by atoms with Gasteiger partial charge in [-0.15, -0.1) is 0 Å². The molecule has 0 aliphatic heterocycles. The van der Waals surface area contributed by atoms with Crippen molar-refractivity contribution >= 4 is 15.9 Å². The topological polar surface area (TPSA) is 64.7 Å². The van der Waals surface area contributed by atoms with Crippen LogP contribution in [0.5, 0.6) is 11.5 Å². The van der Waals surface area contributed by atoms with Crippen molar-refractivity contribution in [2.45, 2.75) is 25.8 Å². The summed E-state index contributed by atoms with van der Waals surface area (Å²) in [4.78, 5) is 0. The average Bonchev–Trinajstić information content (AvgIpc) is 2.36. The van der Waals surface area contributed by atoms with Gasteiger partial charge in [0.05, 0.1) is 26.9 Å². The molecule has 1 aromatic rings. The minimum atomic E-state index is -0.473. The van der Waals surface area contributed by atoms with Crippen molar-refractivity contribution in [1.29, 1.82) is 0 Å². The fourth-order valence-corrected chi connectivity index (χ4v) is 2.65. The van der Waals surface area contributed by atoms with E-state index in [4.69, 9.17) is 15.2 Å². The Morgan fingerprint density at radius 3 is 2.11 bits per heavy atom. The lowest BCUT2D eigenvalue weighted by Crippen LogP contribution is -2.16. The molecule has 1 unspecified atom stereocenters. The molecule has 4 nitrogen and oxygen atoms in total. The Hall–Kier alpha value is -0.780. The SMILES string of the molecule is COc1c(C(C)C)cc(C(N)CO)c(OC)c1Br. The van der Waals surface area contributed by atoms with Gasteiger partial charge in [0.1, 0.15) is 16.0 Å². The van der Waals surface area contributed by atoms with Gasteiger partial charge < -0.3 is 20.3 Å². The molecule has 5 heteroatoms. The Kier molecular flexibility index (Phi) is 5.44. The van der Waals surface area contributed by atoms with Crippen LogP contribution < -0.4 is 15.2 Å². The number of aliphatic hydroxyl groups excluding tert-OH is 1. The molecule has 1 atom stereocenters. The third-order valence-electron chi connectivity index (χ3n) is 2.86. The number of aliphatic hydroxyl groups is 1. The van der Waals surface area contributed by atoms with Crippen molar-refractivity contribution < 1.29 is 14.6 Å². The van der Waals surface area contributed by atoms with Crippen molar-refractivity contribution in [2.75, 3.05) is 20.8 Å². The lowest BCUT2D eigenvalue weighted by atomic mass is 9.96. The van der Waals surface area contributed by atoms with E-state index in [1.54, 1.807) is 14.2 Å². The molecule has 0 amide bonds. The number of ether oxygens (including phenoxy) is 2. The maximum absolute atomic E-state index is 9.23. The molecule has 3 N–H and O–H groups in total. The van der Waals surface area contributed by atoms with E-state index in [2.05, 4.69) is 29.8 Å². The number of rotatable bonds is 5. The zero-order valence-corrected chi connectivity index (χ0v) is 12.7. The van der Waals surface area contributed by atoms with Crippen LogP contribution in [-0.4, -0.2) is 25.9 Å². The molecule has 0 radical (unpaired) electrons. The lowest BCUT2D eigenvalue weighted by Gasteiger charge is -2.21. The molecule has 0 spiro atoms. The van der Waals surface area contributed by atoms with E-state index in [0.717, 1.165) is 21.3 Å². The Balaban J connectivity index is 3.52. The van der Waals surface area contributed by atoms with E-state index in [9.17, 15) is 5.11 Å². The summed E-state index contributed by atoms with van der Waals surface area (Å²) in [5.41, 5.74) is 7.71. The minimum absolute atomic E-state index is 0.132. The van der Waals surface area contributed by atoms with E-state index < -0.39 is 6.04 Å². The number of benzene rings is 1. The second kappa shape index (κ2) is 6.41. The maximum Gasteiger partial charge on any atom is 0.141 e. The quantitative estimate of drug-likeness (QED) is 0.876. The molecule has 0 aliphatic rings. The predicted molar refractivity (Wildman–Crippen MR) is 75.3 cm³/mol. The predicted octanol–water partition coefficient (Wildman–Crippen LogP) is 2.58. The van der Waals surface area contributed by atoms with E-state index in [1.165, 1.54) is 0 Å². The molecule has 0 bridgehead atoms. The van der Waals surface area contributed by atoms with Gasteiger partial charge in [-0.25, -0.2) is 0 Å². The first kappa shape index (κ1) is 15.3. The molecule has 1 aromatic carbocycles. The first-order valence-electron chi connectivity index (χ1n) is 5.78. The standard InChI is InChI=1S/C13H20BrNO3/c1-7(2)8-5-9(10(15)6-16)13(18-4)11(14)12(8)17-3/h5,7,10,16H,6,15H2,1-4H3. The Morgan fingerprint density at radius 1 is 1.22 bits per heavy atom. The van der Waals surface area contributed by atoms with Gasteiger partial charge in [-0.3, -0.25) is 0 Å². The van der Waals surface area contributed by atoms with E-state index in [0.29, 0.717) is 5.75 Å². The van der Waals surface area contributed by atoms with Gasteiger partial charge in [-0.1, -0.05) is 13.8 Å². The maximum atomic E-state index is 9.23. The molecule has 0 saturated heterocycles. The number of hydrogen-bond donors (Lipinski definition) is 2. The fourth-order valence-electron chi connectivity index (χ4n) is 1.87. The highest BCUT2D eigenvalue weighted by Gasteiger charge is 2.22. The van der Waals surface area contributed by atoms with Crippen molar-refractivity contribution in [1.82, 2.24) is 0 Å². The molecule has 102 valence electrons. The molecule has 0 fully saturated rings. The first-order valence-corrected chi connectivity index (χ1v) is 6.57. The van der Waals surface area contributed by atoms with Gasteiger partial charge >= 0.3 is 0 Å². The Labute approximate surface area is 116 Å². The zero-order valence-electron chi connectivity index (χ0n) is 11.2. The van der Waals surface area contributed by atoms with Gasteiger partial charge in [0.15, 0.2) is 0 Å². The van der Waals surface area contributed by atoms with Gasteiger partial charge in [0, 0.05) is 5.56 Å². The van der Waals surface area contributed by atoms with Crippen LogP contribution >= 0.6 is 15.9 Å². The summed E-state index contributed by atoms with van der Waals surface area (Å²) in [6.07, 6.45) is 0. The largest absolute Gasteiger partial charge is 0.495 e. The number of nitrogens with two attached hydrogens (primary N) is 1. The van der Waals surface area contributed by atoms with Crippen LogP contribution in [0.2, 0.25) is 0 Å². The highest BCUT2D eigenvalue weighted by molar-refractivity contribution is 9.10. The third-order valence-corrected chi connectivity index (χ3v) is 3.58. The summed E-state index contributed by atoms with van der Waals surface area (Å²) in [6, 6.07) is 1.47. The van der Waals surface area contributed by atoms with Crippen LogP contribution in [0.1, 0.15) is 36.9 Å². The zero-order chi connectivity index (χ0) is 13.9. The van der Waals surface area contributed by atoms with Crippen molar-refractivity contribution in [3.8, 4) is 11.5 Å².